The fraction of sp³-hybridized carbons (Fsp3) is 0.632. The number of hydrogen-bond donors (Lipinski definition) is 1. The highest BCUT2D eigenvalue weighted by molar-refractivity contribution is 7.17. The summed E-state index contributed by atoms with van der Waals surface area (Å²) in [7, 11) is 0. The summed E-state index contributed by atoms with van der Waals surface area (Å²) in [5, 5.41) is 3.30. The Kier molecular flexibility index (Phi) is 5.96. The van der Waals surface area contributed by atoms with Gasteiger partial charge in [-0.25, -0.2) is 4.79 Å². The third-order valence-corrected chi connectivity index (χ3v) is 6.21. The fourth-order valence-corrected chi connectivity index (χ4v) is 5.06. The van der Waals surface area contributed by atoms with E-state index in [1.807, 2.05) is 0 Å². The van der Waals surface area contributed by atoms with Gasteiger partial charge in [0.2, 0.25) is 5.91 Å². The number of carbonyl (C=O) groups excluding carboxylic acids is 3. The zero-order chi connectivity index (χ0) is 18.7. The molecule has 0 bridgehead atoms. The van der Waals surface area contributed by atoms with Gasteiger partial charge in [-0.05, 0) is 50.0 Å². The van der Waals surface area contributed by atoms with Gasteiger partial charge >= 0.3 is 5.97 Å². The first-order valence-corrected chi connectivity index (χ1v) is 10.1. The first kappa shape index (κ1) is 18.9. The van der Waals surface area contributed by atoms with Gasteiger partial charge in [-0.1, -0.05) is 6.92 Å². The Morgan fingerprint density at radius 1 is 1.23 bits per heavy atom. The van der Waals surface area contributed by atoms with E-state index in [2.05, 4.69) is 12.2 Å². The molecular weight excluding hydrogens is 352 g/mol. The van der Waals surface area contributed by atoms with Crippen molar-refractivity contribution in [2.24, 2.45) is 5.92 Å². The summed E-state index contributed by atoms with van der Waals surface area (Å²) in [6, 6.07) is 0. The Hall–Kier alpha value is -1.89. The zero-order valence-electron chi connectivity index (χ0n) is 15.4. The van der Waals surface area contributed by atoms with Gasteiger partial charge in [-0.3, -0.25) is 9.59 Å². The van der Waals surface area contributed by atoms with Crippen molar-refractivity contribution in [3.05, 3.63) is 16.0 Å². The Labute approximate surface area is 157 Å². The third-order valence-electron chi connectivity index (χ3n) is 5.00. The SMILES string of the molecule is CC(=O)Nc1sc2c(c1C(=O)OCC(=O)N1CCC[C@@H](C)C1)CCCC2. The number of fused-ring (bicyclic) bond motifs is 1. The normalized spacial score (nSPS) is 19.6. The van der Waals surface area contributed by atoms with Crippen LogP contribution in [0, 0.1) is 5.92 Å². The van der Waals surface area contributed by atoms with Gasteiger partial charge in [0.05, 0.1) is 5.56 Å². The predicted octanol–water partition coefficient (Wildman–Crippen LogP) is 3.00. The first-order chi connectivity index (χ1) is 12.5. The number of piperidine rings is 1. The summed E-state index contributed by atoms with van der Waals surface area (Å²) in [5.41, 5.74) is 1.42. The number of anilines is 1. The smallest absolute Gasteiger partial charge is 0.341 e. The van der Waals surface area contributed by atoms with Crippen molar-refractivity contribution >= 4 is 34.1 Å². The number of esters is 1. The molecule has 1 saturated heterocycles. The Balaban J connectivity index is 1.69. The molecule has 1 atom stereocenters. The molecule has 0 saturated carbocycles. The highest BCUT2D eigenvalue weighted by Gasteiger charge is 2.28. The van der Waals surface area contributed by atoms with Crippen LogP contribution in [0.15, 0.2) is 0 Å². The van der Waals surface area contributed by atoms with Crippen LogP contribution in [0.5, 0.6) is 0 Å². The molecule has 1 aliphatic heterocycles. The second kappa shape index (κ2) is 8.20. The van der Waals surface area contributed by atoms with Gasteiger partial charge in [0.25, 0.3) is 5.91 Å². The molecule has 142 valence electrons. The highest BCUT2D eigenvalue weighted by Crippen LogP contribution is 2.38. The number of nitrogens with one attached hydrogen (secondary N) is 1. The van der Waals surface area contributed by atoms with Gasteiger partial charge in [0, 0.05) is 24.9 Å². The van der Waals surface area contributed by atoms with E-state index in [-0.39, 0.29) is 18.4 Å². The van der Waals surface area contributed by atoms with Crippen LogP contribution in [-0.2, 0) is 27.2 Å². The second-order valence-corrected chi connectivity index (χ2v) is 8.36. The molecule has 1 fully saturated rings. The van der Waals surface area contributed by atoms with Crippen molar-refractivity contribution in [1.82, 2.24) is 4.90 Å². The summed E-state index contributed by atoms with van der Waals surface area (Å²) in [4.78, 5) is 39.5. The molecule has 2 aliphatic rings. The van der Waals surface area contributed by atoms with E-state index in [1.54, 1.807) is 4.90 Å². The Morgan fingerprint density at radius 3 is 2.73 bits per heavy atom. The van der Waals surface area contributed by atoms with Gasteiger partial charge in [-0.15, -0.1) is 11.3 Å². The number of amides is 2. The molecule has 1 aromatic heterocycles. The molecule has 0 aromatic carbocycles. The summed E-state index contributed by atoms with van der Waals surface area (Å²) in [6.45, 7) is 4.76. The maximum atomic E-state index is 12.7. The molecule has 0 unspecified atom stereocenters. The van der Waals surface area contributed by atoms with Crippen molar-refractivity contribution in [3.63, 3.8) is 0 Å². The highest BCUT2D eigenvalue weighted by atomic mass is 32.1. The lowest BCUT2D eigenvalue weighted by Gasteiger charge is -2.30. The van der Waals surface area contributed by atoms with Crippen LogP contribution in [0.3, 0.4) is 0 Å². The van der Waals surface area contributed by atoms with E-state index in [9.17, 15) is 14.4 Å². The molecule has 26 heavy (non-hydrogen) atoms. The van der Waals surface area contributed by atoms with E-state index in [0.29, 0.717) is 16.5 Å². The summed E-state index contributed by atoms with van der Waals surface area (Å²) < 4.78 is 5.35. The topological polar surface area (TPSA) is 75.7 Å². The van der Waals surface area contributed by atoms with Gasteiger partial charge in [0.1, 0.15) is 5.00 Å². The molecule has 1 aromatic rings. The van der Waals surface area contributed by atoms with Crippen LogP contribution in [0.4, 0.5) is 5.00 Å². The molecule has 1 aliphatic carbocycles. The summed E-state index contributed by atoms with van der Waals surface area (Å²) in [5.74, 6) is -0.378. The molecule has 2 heterocycles. The molecule has 3 rings (SSSR count). The molecule has 1 N–H and O–H groups in total. The first-order valence-electron chi connectivity index (χ1n) is 9.32. The number of ether oxygens (including phenoxy) is 1. The summed E-state index contributed by atoms with van der Waals surface area (Å²) >= 11 is 1.45. The van der Waals surface area contributed by atoms with Crippen molar-refractivity contribution in [2.75, 3.05) is 25.0 Å². The van der Waals surface area contributed by atoms with Crippen LogP contribution in [0.25, 0.3) is 0 Å². The van der Waals surface area contributed by atoms with Crippen LogP contribution in [-0.4, -0.2) is 42.4 Å². The minimum Gasteiger partial charge on any atom is -0.452 e. The van der Waals surface area contributed by atoms with E-state index in [0.717, 1.165) is 62.1 Å². The predicted molar refractivity (Wildman–Crippen MR) is 101 cm³/mol. The Bertz CT molecular complexity index is 713. The van der Waals surface area contributed by atoms with Crippen molar-refractivity contribution in [2.45, 2.75) is 52.4 Å². The monoisotopic (exact) mass is 378 g/mol. The number of likely N-dealkylation sites (tertiary alicyclic amines) is 1. The molecule has 2 amide bonds. The van der Waals surface area contributed by atoms with E-state index in [1.165, 1.54) is 18.3 Å². The fourth-order valence-electron chi connectivity index (χ4n) is 3.74. The van der Waals surface area contributed by atoms with Gasteiger partial charge in [0.15, 0.2) is 6.61 Å². The standard InChI is InChI=1S/C19H26N2O4S/c1-12-6-5-9-21(10-12)16(23)11-25-19(24)17-14-7-3-4-8-15(14)26-18(17)20-13(2)22/h12H,3-11H2,1-2H3,(H,20,22)/t12-/m1/s1. The van der Waals surface area contributed by atoms with E-state index >= 15 is 0 Å². The summed E-state index contributed by atoms with van der Waals surface area (Å²) in [6.07, 6.45) is 5.97. The second-order valence-electron chi connectivity index (χ2n) is 7.26. The van der Waals surface area contributed by atoms with Crippen molar-refractivity contribution in [3.8, 4) is 0 Å². The van der Waals surface area contributed by atoms with Gasteiger partial charge < -0.3 is 15.0 Å². The average molecular weight is 378 g/mol. The van der Waals surface area contributed by atoms with Crippen LogP contribution < -0.4 is 5.32 Å². The number of thiophene rings is 1. The third kappa shape index (κ3) is 4.26. The maximum absolute atomic E-state index is 12.7. The Morgan fingerprint density at radius 2 is 2.00 bits per heavy atom. The number of rotatable bonds is 4. The molecule has 0 spiro atoms. The largest absolute Gasteiger partial charge is 0.452 e. The van der Waals surface area contributed by atoms with E-state index < -0.39 is 5.97 Å². The quantitative estimate of drug-likeness (QED) is 0.817. The average Bonchev–Trinajstić information content (AvgIpc) is 2.96. The van der Waals surface area contributed by atoms with E-state index in [4.69, 9.17) is 4.74 Å². The number of nitrogens with zero attached hydrogens (tertiary/aromatic N) is 1. The minimum atomic E-state index is -0.508. The number of aryl methyl sites for hydroxylation is 1. The molecule has 7 heteroatoms. The van der Waals surface area contributed by atoms with Crippen LogP contribution >= 0.6 is 11.3 Å². The minimum absolute atomic E-state index is 0.143. The number of hydrogen-bond acceptors (Lipinski definition) is 5. The lowest BCUT2D eigenvalue weighted by Crippen LogP contribution is -2.41. The lowest BCUT2D eigenvalue weighted by molar-refractivity contribution is -0.136. The zero-order valence-corrected chi connectivity index (χ0v) is 16.2. The van der Waals surface area contributed by atoms with Crippen LogP contribution in [0.2, 0.25) is 0 Å². The van der Waals surface area contributed by atoms with Gasteiger partial charge in [-0.2, -0.15) is 0 Å². The van der Waals surface area contributed by atoms with Crippen molar-refractivity contribution < 1.29 is 19.1 Å². The maximum Gasteiger partial charge on any atom is 0.341 e. The van der Waals surface area contributed by atoms with Crippen molar-refractivity contribution in [1.29, 1.82) is 0 Å². The molecule has 6 nitrogen and oxygen atoms in total. The number of carbonyl (C=O) groups is 3. The molecule has 0 radical (unpaired) electrons. The van der Waals surface area contributed by atoms with Crippen LogP contribution in [0.1, 0.15) is 60.3 Å². The molecular formula is C19H26N2O4S. The lowest BCUT2D eigenvalue weighted by atomic mass is 9.95.